The molecule has 5 heteroatoms. The van der Waals surface area contributed by atoms with Crippen molar-refractivity contribution in [3.63, 3.8) is 0 Å². The number of carbonyl (C=O) groups is 3. The number of nitrogens with zero attached hydrogens (tertiary/aromatic N) is 1. The van der Waals surface area contributed by atoms with Gasteiger partial charge in [-0.2, -0.15) is 0 Å². The van der Waals surface area contributed by atoms with Crippen LogP contribution >= 0.6 is 0 Å². The maximum Gasteiger partial charge on any atom is 0.254 e. The molecular formula is C13H12N2O3. The first kappa shape index (κ1) is 11.0. The van der Waals surface area contributed by atoms with Crippen LogP contribution < -0.4 is 5.32 Å². The molecule has 0 saturated carbocycles. The number of piperidine rings is 1. The zero-order valence-corrected chi connectivity index (χ0v) is 9.68. The Bertz CT molecular complexity index is 537. The molecule has 0 radical (unpaired) electrons. The highest BCUT2D eigenvalue weighted by molar-refractivity contribution is 6.01. The Labute approximate surface area is 104 Å². The molecule has 3 rings (SSSR count). The highest BCUT2D eigenvalue weighted by Crippen LogP contribution is 2.27. The molecule has 3 amide bonds. The first-order chi connectivity index (χ1) is 8.65. The molecule has 1 N–H and O–H groups in total. The van der Waals surface area contributed by atoms with E-state index in [4.69, 9.17) is 0 Å². The van der Waals surface area contributed by atoms with Crippen LogP contribution in [0.1, 0.15) is 28.8 Å². The molecule has 0 aliphatic carbocycles. The Kier molecular flexibility index (Phi) is 2.40. The molecule has 18 heavy (non-hydrogen) atoms. The second kappa shape index (κ2) is 3.94. The summed E-state index contributed by atoms with van der Waals surface area (Å²) in [4.78, 5) is 36.5. The number of imide groups is 1. The molecule has 1 aromatic carbocycles. The summed E-state index contributed by atoms with van der Waals surface area (Å²) in [6.45, 7) is 0.486. The third-order valence-corrected chi connectivity index (χ3v) is 3.41. The largest absolute Gasteiger partial charge is 0.330 e. The summed E-state index contributed by atoms with van der Waals surface area (Å²) in [6.07, 6.45) is 0.400. The second-order valence-corrected chi connectivity index (χ2v) is 4.62. The van der Waals surface area contributed by atoms with Gasteiger partial charge in [0.2, 0.25) is 11.8 Å². The monoisotopic (exact) mass is 244 g/mol. The summed E-state index contributed by atoms with van der Waals surface area (Å²) in [5.74, 6) is -0.696. The minimum atomic E-state index is -0.314. The van der Waals surface area contributed by atoms with E-state index in [9.17, 15) is 14.4 Å². The first-order valence-electron chi connectivity index (χ1n) is 5.86. The van der Waals surface area contributed by atoms with Gasteiger partial charge in [-0.25, -0.2) is 0 Å². The van der Waals surface area contributed by atoms with Crippen LogP contribution in [0.15, 0.2) is 24.3 Å². The van der Waals surface area contributed by atoms with Gasteiger partial charge in [0.15, 0.2) is 0 Å². The molecule has 92 valence electrons. The minimum Gasteiger partial charge on any atom is -0.330 e. The normalized spacial score (nSPS) is 20.0. The van der Waals surface area contributed by atoms with Crippen LogP contribution in [-0.4, -0.2) is 28.7 Å². The molecule has 0 aromatic heterocycles. The number of benzene rings is 1. The van der Waals surface area contributed by atoms with Gasteiger partial charge in [-0.1, -0.05) is 18.2 Å². The van der Waals surface area contributed by atoms with E-state index in [1.807, 2.05) is 18.2 Å². The number of hydrogen-bond donors (Lipinski definition) is 1. The van der Waals surface area contributed by atoms with Crippen molar-refractivity contribution in [2.24, 2.45) is 0 Å². The van der Waals surface area contributed by atoms with Crippen molar-refractivity contribution < 1.29 is 14.4 Å². The van der Waals surface area contributed by atoms with Gasteiger partial charge in [-0.3, -0.25) is 19.7 Å². The van der Waals surface area contributed by atoms with Gasteiger partial charge in [0.1, 0.15) is 0 Å². The zero-order chi connectivity index (χ0) is 12.7. The van der Waals surface area contributed by atoms with E-state index in [1.165, 1.54) is 0 Å². The number of fused-ring (bicyclic) bond motifs is 1. The fourth-order valence-corrected chi connectivity index (χ4v) is 2.55. The minimum absolute atomic E-state index is 0.0851. The van der Waals surface area contributed by atoms with Gasteiger partial charge in [0.05, 0.1) is 0 Å². The van der Waals surface area contributed by atoms with Crippen molar-refractivity contribution in [1.82, 2.24) is 10.2 Å². The Morgan fingerprint density at radius 3 is 2.39 bits per heavy atom. The molecule has 2 heterocycles. The smallest absolute Gasteiger partial charge is 0.254 e. The van der Waals surface area contributed by atoms with E-state index in [-0.39, 0.29) is 36.6 Å². The average Bonchev–Trinajstić information content (AvgIpc) is 2.66. The first-order valence-corrected chi connectivity index (χ1v) is 5.86. The molecule has 2 aliphatic heterocycles. The Morgan fingerprint density at radius 2 is 1.72 bits per heavy atom. The van der Waals surface area contributed by atoms with Crippen molar-refractivity contribution in [3.05, 3.63) is 35.4 Å². The van der Waals surface area contributed by atoms with Crippen LogP contribution in [0.4, 0.5) is 0 Å². The lowest BCUT2D eigenvalue weighted by Crippen LogP contribution is -2.48. The summed E-state index contributed by atoms with van der Waals surface area (Å²) in [5, 5.41) is 2.25. The SMILES string of the molecule is O=C1CC(N2Cc3ccccc3C2=O)CC(=O)N1. The van der Waals surface area contributed by atoms with E-state index < -0.39 is 0 Å². The predicted octanol–water partition coefficient (Wildman–Crippen LogP) is 0.448. The molecule has 1 fully saturated rings. The number of hydrogen-bond acceptors (Lipinski definition) is 3. The van der Waals surface area contributed by atoms with Crippen molar-refractivity contribution in [2.45, 2.75) is 25.4 Å². The lowest BCUT2D eigenvalue weighted by atomic mass is 10.0. The van der Waals surface area contributed by atoms with E-state index in [0.29, 0.717) is 12.1 Å². The van der Waals surface area contributed by atoms with Crippen LogP contribution in [0.3, 0.4) is 0 Å². The third-order valence-electron chi connectivity index (χ3n) is 3.41. The van der Waals surface area contributed by atoms with Gasteiger partial charge in [0, 0.05) is 31.0 Å². The van der Waals surface area contributed by atoms with Crippen molar-refractivity contribution >= 4 is 17.7 Å². The molecule has 0 spiro atoms. The lowest BCUT2D eigenvalue weighted by Gasteiger charge is -2.29. The van der Waals surface area contributed by atoms with E-state index in [1.54, 1.807) is 11.0 Å². The molecule has 5 nitrogen and oxygen atoms in total. The molecule has 0 atom stereocenters. The van der Waals surface area contributed by atoms with Crippen LogP contribution in [0, 0.1) is 0 Å². The number of amides is 3. The maximum absolute atomic E-state index is 12.2. The van der Waals surface area contributed by atoms with Crippen LogP contribution in [0.5, 0.6) is 0 Å². The average molecular weight is 244 g/mol. The summed E-state index contributed by atoms with van der Waals surface area (Å²) < 4.78 is 0. The quantitative estimate of drug-likeness (QED) is 0.729. The molecule has 2 aliphatic rings. The van der Waals surface area contributed by atoms with Crippen molar-refractivity contribution in [1.29, 1.82) is 0 Å². The number of nitrogens with one attached hydrogen (secondary N) is 1. The van der Waals surface area contributed by atoms with E-state index in [2.05, 4.69) is 5.32 Å². The zero-order valence-electron chi connectivity index (χ0n) is 9.68. The van der Waals surface area contributed by atoms with Gasteiger partial charge in [-0.15, -0.1) is 0 Å². The summed E-state index contributed by atoms with van der Waals surface area (Å²) in [6, 6.07) is 7.07. The van der Waals surface area contributed by atoms with Crippen LogP contribution in [0.25, 0.3) is 0 Å². The molecule has 0 unspecified atom stereocenters. The van der Waals surface area contributed by atoms with Gasteiger partial charge in [-0.05, 0) is 11.6 Å². The van der Waals surface area contributed by atoms with Gasteiger partial charge in [0.25, 0.3) is 5.91 Å². The molecule has 1 saturated heterocycles. The van der Waals surface area contributed by atoms with Crippen molar-refractivity contribution in [3.8, 4) is 0 Å². The Hall–Kier alpha value is -2.17. The Balaban J connectivity index is 1.86. The molecule has 0 bridgehead atoms. The fraction of sp³-hybridized carbons (Fsp3) is 0.308. The second-order valence-electron chi connectivity index (χ2n) is 4.62. The summed E-state index contributed by atoms with van der Waals surface area (Å²) >= 11 is 0. The van der Waals surface area contributed by atoms with E-state index in [0.717, 1.165) is 5.56 Å². The predicted molar refractivity (Wildman–Crippen MR) is 62.5 cm³/mol. The lowest BCUT2D eigenvalue weighted by molar-refractivity contribution is -0.135. The summed E-state index contributed by atoms with van der Waals surface area (Å²) in [7, 11) is 0. The van der Waals surface area contributed by atoms with Crippen LogP contribution in [-0.2, 0) is 16.1 Å². The van der Waals surface area contributed by atoms with Crippen LogP contribution in [0.2, 0.25) is 0 Å². The Morgan fingerprint density at radius 1 is 1.06 bits per heavy atom. The maximum atomic E-state index is 12.2. The van der Waals surface area contributed by atoms with Gasteiger partial charge >= 0.3 is 0 Å². The van der Waals surface area contributed by atoms with Crippen molar-refractivity contribution in [2.75, 3.05) is 0 Å². The highest BCUT2D eigenvalue weighted by Gasteiger charge is 2.36. The van der Waals surface area contributed by atoms with E-state index >= 15 is 0 Å². The topological polar surface area (TPSA) is 66.5 Å². The highest BCUT2D eigenvalue weighted by atomic mass is 16.2. The fourth-order valence-electron chi connectivity index (χ4n) is 2.55. The standard InChI is InChI=1S/C13H12N2O3/c16-11-5-9(6-12(17)14-11)15-7-8-3-1-2-4-10(8)13(15)18/h1-4,9H,5-7H2,(H,14,16,17). The number of rotatable bonds is 1. The summed E-state index contributed by atoms with van der Waals surface area (Å²) in [5.41, 5.74) is 1.64. The number of carbonyl (C=O) groups excluding carboxylic acids is 3. The van der Waals surface area contributed by atoms with Gasteiger partial charge < -0.3 is 4.90 Å². The molecule has 1 aromatic rings. The third kappa shape index (κ3) is 1.68. The molecular weight excluding hydrogens is 232 g/mol.